The molecular formula is C11H13NO2. The maximum Gasteiger partial charge on any atom is 0.157 e. The predicted octanol–water partition coefficient (Wildman–Crippen LogP) is 0.536. The van der Waals surface area contributed by atoms with Gasteiger partial charge in [-0.1, -0.05) is 18.2 Å². The Kier molecular flexibility index (Phi) is 2.25. The number of ketones is 1. The standard InChI is InChI=1S/C11H13NO2/c1-7(14)9-3-2-4-10-8(6-13)5-12-11(9)10/h2-5,10-13H,6H2,1H3. The van der Waals surface area contributed by atoms with Gasteiger partial charge in [-0.05, 0) is 18.7 Å². The molecule has 0 aromatic rings. The van der Waals surface area contributed by atoms with E-state index in [1.807, 2.05) is 24.4 Å². The molecule has 0 aromatic heterocycles. The second-order valence-electron chi connectivity index (χ2n) is 3.61. The first-order valence-corrected chi connectivity index (χ1v) is 4.69. The highest BCUT2D eigenvalue weighted by atomic mass is 16.3. The number of rotatable bonds is 2. The molecule has 2 N–H and O–H groups in total. The summed E-state index contributed by atoms with van der Waals surface area (Å²) in [4.78, 5) is 11.3. The molecule has 14 heavy (non-hydrogen) atoms. The molecule has 0 saturated carbocycles. The van der Waals surface area contributed by atoms with E-state index >= 15 is 0 Å². The Balaban J connectivity index is 2.27. The van der Waals surface area contributed by atoms with Crippen molar-refractivity contribution in [3.05, 3.63) is 35.6 Å². The summed E-state index contributed by atoms with van der Waals surface area (Å²) in [6.45, 7) is 1.62. The molecule has 2 aliphatic rings. The zero-order valence-corrected chi connectivity index (χ0v) is 8.03. The average molecular weight is 191 g/mol. The minimum Gasteiger partial charge on any atom is -0.392 e. The van der Waals surface area contributed by atoms with Gasteiger partial charge in [0.1, 0.15) is 0 Å². The van der Waals surface area contributed by atoms with E-state index < -0.39 is 0 Å². The van der Waals surface area contributed by atoms with Crippen LogP contribution in [0.5, 0.6) is 0 Å². The molecule has 0 saturated heterocycles. The van der Waals surface area contributed by atoms with Crippen LogP contribution in [0.2, 0.25) is 0 Å². The second-order valence-corrected chi connectivity index (χ2v) is 3.61. The fourth-order valence-corrected chi connectivity index (χ4v) is 2.00. The Hall–Kier alpha value is -1.35. The molecule has 2 atom stereocenters. The first-order valence-electron chi connectivity index (χ1n) is 4.69. The van der Waals surface area contributed by atoms with E-state index in [-0.39, 0.29) is 24.3 Å². The topological polar surface area (TPSA) is 49.3 Å². The van der Waals surface area contributed by atoms with E-state index in [1.54, 1.807) is 6.92 Å². The Morgan fingerprint density at radius 1 is 1.64 bits per heavy atom. The van der Waals surface area contributed by atoms with Gasteiger partial charge in [0.15, 0.2) is 5.78 Å². The van der Waals surface area contributed by atoms with Crippen molar-refractivity contribution >= 4 is 5.78 Å². The molecule has 1 heterocycles. The van der Waals surface area contributed by atoms with Gasteiger partial charge in [0.25, 0.3) is 0 Å². The summed E-state index contributed by atoms with van der Waals surface area (Å²) in [6.07, 6.45) is 7.54. The van der Waals surface area contributed by atoms with Gasteiger partial charge in [-0.3, -0.25) is 4.79 Å². The molecule has 2 rings (SSSR count). The number of carbonyl (C=O) groups excluding carboxylic acids is 1. The van der Waals surface area contributed by atoms with Crippen LogP contribution in [0.15, 0.2) is 35.6 Å². The number of nitrogens with one attached hydrogen (secondary N) is 1. The Labute approximate surface area is 82.8 Å². The lowest BCUT2D eigenvalue weighted by Crippen LogP contribution is -2.33. The average Bonchev–Trinajstić information content (AvgIpc) is 2.59. The minimum absolute atomic E-state index is 0.0275. The predicted molar refractivity (Wildman–Crippen MR) is 53.5 cm³/mol. The van der Waals surface area contributed by atoms with Crippen molar-refractivity contribution in [1.82, 2.24) is 5.32 Å². The number of hydrogen-bond acceptors (Lipinski definition) is 3. The molecule has 1 aliphatic carbocycles. The maximum atomic E-state index is 11.3. The SMILES string of the molecule is CC(=O)C1=CC=CC2C(CO)=CNC12. The molecule has 0 bridgehead atoms. The van der Waals surface area contributed by atoms with E-state index in [4.69, 9.17) is 5.11 Å². The van der Waals surface area contributed by atoms with Gasteiger partial charge >= 0.3 is 0 Å². The Morgan fingerprint density at radius 2 is 2.43 bits per heavy atom. The van der Waals surface area contributed by atoms with Crippen LogP contribution < -0.4 is 5.32 Å². The third-order valence-corrected chi connectivity index (χ3v) is 2.75. The summed E-state index contributed by atoms with van der Waals surface area (Å²) in [5.41, 5.74) is 1.73. The highest BCUT2D eigenvalue weighted by Gasteiger charge is 2.32. The van der Waals surface area contributed by atoms with Gasteiger partial charge in [0, 0.05) is 11.5 Å². The Morgan fingerprint density at radius 3 is 3.07 bits per heavy atom. The molecule has 2 unspecified atom stereocenters. The van der Waals surface area contributed by atoms with Gasteiger partial charge in [0.05, 0.1) is 12.6 Å². The smallest absolute Gasteiger partial charge is 0.157 e. The van der Waals surface area contributed by atoms with Crippen molar-refractivity contribution in [1.29, 1.82) is 0 Å². The number of fused-ring (bicyclic) bond motifs is 1. The van der Waals surface area contributed by atoms with E-state index in [9.17, 15) is 4.79 Å². The van der Waals surface area contributed by atoms with E-state index in [0.29, 0.717) is 0 Å². The van der Waals surface area contributed by atoms with Crippen molar-refractivity contribution in [3.8, 4) is 0 Å². The van der Waals surface area contributed by atoms with Crippen LogP contribution in [0, 0.1) is 5.92 Å². The van der Waals surface area contributed by atoms with Gasteiger partial charge in [0.2, 0.25) is 0 Å². The van der Waals surface area contributed by atoms with Crippen LogP contribution in [0.4, 0.5) is 0 Å². The minimum atomic E-state index is 0.0275. The lowest BCUT2D eigenvalue weighted by Gasteiger charge is -2.23. The van der Waals surface area contributed by atoms with Crippen LogP contribution in [0.1, 0.15) is 6.92 Å². The lowest BCUT2D eigenvalue weighted by molar-refractivity contribution is -0.114. The lowest BCUT2D eigenvalue weighted by atomic mass is 9.85. The monoisotopic (exact) mass is 191 g/mol. The summed E-state index contributed by atoms with van der Waals surface area (Å²) in [7, 11) is 0. The first kappa shape index (κ1) is 9.21. The van der Waals surface area contributed by atoms with Crippen molar-refractivity contribution < 1.29 is 9.90 Å². The number of aliphatic hydroxyl groups excluding tert-OH is 1. The van der Waals surface area contributed by atoms with Crippen LogP contribution in [0.3, 0.4) is 0 Å². The zero-order valence-electron chi connectivity index (χ0n) is 8.03. The van der Waals surface area contributed by atoms with Gasteiger partial charge in [-0.2, -0.15) is 0 Å². The summed E-state index contributed by atoms with van der Waals surface area (Å²) in [5.74, 6) is 0.230. The highest BCUT2D eigenvalue weighted by molar-refractivity contribution is 5.95. The molecule has 0 aromatic carbocycles. The van der Waals surface area contributed by atoms with Gasteiger partial charge in [-0.25, -0.2) is 0 Å². The molecule has 1 aliphatic heterocycles. The van der Waals surface area contributed by atoms with Crippen molar-refractivity contribution in [3.63, 3.8) is 0 Å². The number of allylic oxidation sites excluding steroid dienone is 2. The fraction of sp³-hybridized carbons (Fsp3) is 0.364. The van der Waals surface area contributed by atoms with E-state index in [1.165, 1.54) is 0 Å². The molecular weight excluding hydrogens is 178 g/mol. The number of aliphatic hydroxyl groups is 1. The van der Waals surface area contributed by atoms with Crippen LogP contribution in [-0.2, 0) is 4.79 Å². The molecule has 3 nitrogen and oxygen atoms in total. The third kappa shape index (κ3) is 1.30. The summed E-state index contributed by atoms with van der Waals surface area (Å²) < 4.78 is 0. The molecule has 0 fully saturated rings. The first-order chi connectivity index (χ1) is 6.74. The van der Waals surface area contributed by atoms with Crippen molar-refractivity contribution in [2.24, 2.45) is 5.92 Å². The number of Topliss-reactive ketones (excluding diaryl/α,β-unsaturated/α-hetero) is 1. The largest absolute Gasteiger partial charge is 0.392 e. The van der Waals surface area contributed by atoms with Crippen molar-refractivity contribution in [2.45, 2.75) is 13.0 Å². The maximum absolute atomic E-state index is 11.3. The molecule has 0 amide bonds. The summed E-state index contributed by atoms with van der Waals surface area (Å²) >= 11 is 0. The van der Waals surface area contributed by atoms with Crippen LogP contribution in [0.25, 0.3) is 0 Å². The number of hydrogen-bond donors (Lipinski definition) is 2. The molecule has 0 spiro atoms. The quantitative estimate of drug-likeness (QED) is 0.669. The summed E-state index contributed by atoms with van der Waals surface area (Å²) in [5, 5.41) is 12.2. The van der Waals surface area contributed by atoms with Crippen molar-refractivity contribution in [2.75, 3.05) is 6.61 Å². The fourth-order valence-electron chi connectivity index (χ4n) is 2.00. The summed E-state index contributed by atoms with van der Waals surface area (Å²) in [6, 6.07) is 0.0275. The van der Waals surface area contributed by atoms with Gasteiger partial charge < -0.3 is 10.4 Å². The molecule has 74 valence electrons. The Bertz CT molecular complexity index is 352. The zero-order chi connectivity index (χ0) is 10.1. The van der Waals surface area contributed by atoms with E-state index in [2.05, 4.69) is 5.32 Å². The molecule has 0 radical (unpaired) electrons. The third-order valence-electron chi connectivity index (χ3n) is 2.75. The highest BCUT2D eigenvalue weighted by Crippen LogP contribution is 2.30. The van der Waals surface area contributed by atoms with E-state index in [0.717, 1.165) is 11.1 Å². The second kappa shape index (κ2) is 3.42. The van der Waals surface area contributed by atoms with Crippen LogP contribution >= 0.6 is 0 Å². The molecule has 3 heteroatoms. The number of carbonyl (C=O) groups is 1. The normalized spacial score (nSPS) is 29.0. The van der Waals surface area contributed by atoms with Crippen LogP contribution in [-0.4, -0.2) is 23.5 Å². The van der Waals surface area contributed by atoms with Gasteiger partial charge in [-0.15, -0.1) is 0 Å².